The fourth-order valence-electron chi connectivity index (χ4n) is 2.23. The number of tetrazole rings is 1. The van der Waals surface area contributed by atoms with Gasteiger partial charge in [-0.15, -0.1) is 5.21 Å². The summed E-state index contributed by atoms with van der Waals surface area (Å²) in [6, 6.07) is 3.38. The molecule has 1 aromatic heterocycles. The Morgan fingerprint density at radius 3 is 2.71 bits per heavy atom. The number of carbonyl (C=O) groups excluding carboxylic acids is 1. The maximum Gasteiger partial charge on any atom is 0.239 e. The molecular formula is C14H12ClN6O3-. The maximum absolute atomic E-state index is 12.5. The first kappa shape index (κ1) is 15.9. The van der Waals surface area contributed by atoms with Crippen molar-refractivity contribution in [1.82, 2.24) is 20.6 Å². The number of halogens is 1. The summed E-state index contributed by atoms with van der Waals surface area (Å²) in [4.78, 5) is 12.5. The van der Waals surface area contributed by atoms with Crippen molar-refractivity contribution in [2.45, 2.75) is 6.92 Å². The third-order valence-corrected chi connectivity index (χ3v) is 3.61. The zero-order chi connectivity index (χ0) is 17.3. The van der Waals surface area contributed by atoms with Crippen LogP contribution in [0.4, 0.5) is 5.95 Å². The van der Waals surface area contributed by atoms with E-state index in [1.807, 2.05) is 0 Å². The molecule has 9 nitrogen and oxygen atoms in total. The number of nitrogens with zero attached hydrogens (tertiary/aromatic N) is 6. The van der Waals surface area contributed by atoms with Crippen molar-refractivity contribution < 1.29 is 14.3 Å². The van der Waals surface area contributed by atoms with Crippen LogP contribution in [0.3, 0.4) is 0 Å². The SMILES string of the molecule is COc1cc(/C=C2/C(=O)N(c3nnn[n-]3)N=C2C)cc(Cl)c1OC. The minimum atomic E-state index is -0.381. The second kappa shape index (κ2) is 6.28. The van der Waals surface area contributed by atoms with Gasteiger partial charge in [0.25, 0.3) is 0 Å². The van der Waals surface area contributed by atoms with E-state index in [4.69, 9.17) is 21.1 Å². The van der Waals surface area contributed by atoms with Gasteiger partial charge in [-0.3, -0.25) is 9.89 Å². The zero-order valence-corrected chi connectivity index (χ0v) is 13.8. The van der Waals surface area contributed by atoms with E-state index in [1.54, 1.807) is 25.1 Å². The molecule has 0 bridgehead atoms. The molecule has 0 unspecified atom stereocenters. The molecule has 2 aromatic rings. The molecule has 10 heteroatoms. The van der Waals surface area contributed by atoms with Crippen LogP contribution in [0.5, 0.6) is 11.5 Å². The van der Waals surface area contributed by atoms with Crippen molar-refractivity contribution in [2.75, 3.05) is 19.2 Å². The third-order valence-electron chi connectivity index (χ3n) is 3.33. The van der Waals surface area contributed by atoms with Crippen LogP contribution < -0.4 is 19.6 Å². The Morgan fingerprint density at radius 1 is 1.29 bits per heavy atom. The van der Waals surface area contributed by atoms with Crippen molar-refractivity contribution in [3.63, 3.8) is 0 Å². The van der Waals surface area contributed by atoms with Crippen molar-refractivity contribution in [3.8, 4) is 11.5 Å². The van der Waals surface area contributed by atoms with E-state index in [0.29, 0.717) is 33.4 Å². The maximum atomic E-state index is 12.5. The summed E-state index contributed by atoms with van der Waals surface area (Å²) >= 11 is 6.19. The highest BCUT2D eigenvalue weighted by Crippen LogP contribution is 2.37. The van der Waals surface area contributed by atoms with Crippen molar-refractivity contribution in [3.05, 3.63) is 28.3 Å². The molecule has 3 rings (SSSR count). The van der Waals surface area contributed by atoms with Gasteiger partial charge >= 0.3 is 0 Å². The van der Waals surface area contributed by atoms with E-state index in [-0.39, 0.29) is 11.9 Å². The Hall–Kier alpha value is -2.94. The number of methoxy groups -OCH3 is 2. The van der Waals surface area contributed by atoms with Gasteiger partial charge in [0.15, 0.2) is 11.5 Å². The van der Waals surface area contributed by atoms with Gasteiger partial charge in [0.1, 0.15) is 5.95 Å². The molecule has 1 amide bonds. The Labute approximate surface area is 141 Å². The average Bonchev–Trinajstić information content (AvgIpc) is 3.18. The van der Waals surface area contributed by atoms with Crippen molar-refractivity contribution in [2.24, 2.45) is 5.10 Å². The Morgan fingerprint density at radius 2 is 2.08 bits per heavy atom. The van der Waals surface area contributed by atoms with E-state index >= 15 is 0 Å². The van der Waals surface area contributed by atoms with Crippen LogP contribution in [-0.2, 0) is 4.79 Å². The minimum Gasteiger partial charge on any atom is -0.493 e. The number of hydrogen-bond donors (Lipinski definition) is 0. The molecule has 0 atom stereocenters. The molecule has 0 N–H and O–H groups in total. The molecule has 0 spiro atoms. The highest BCUT2D eigenvalue weighted by Gasteiger charge is 2.26. The van der Waals surface area contributed by atoms with Crippen LogP contribution in [0.1, 0.15) is 12.5 Å². The van der Waals surface area contributed by atoms with Gasteiger partial charge < -0.3 is 9.47 Å². The second-order valence-corrected chi connectivity index (χ2v) is 5.18. The molecule has 0 radical (unpaired) electrons. The number of aromatic nitrogens is 4. The van der Waals surface area contributed by atoms with Crippen molar-refractivity contribution >= 4 is 35.2 Å². The van der Waals surface area contributed by atoms with E-state index in [1.165, 1.54) is 14.2 Å². The lowest BCUT2D eigenvalue weighted by Gasteiger charge is -2.12. The summed E-state index contributed by atoms with van der Waals surface area (Å²) in [6.07, 6.45) is 1.65. The first-order chi connectivity index (χ1) is 11.5. The number of anilines is 1. The standard InChI is InChI=1S/C14H12ClN6O3/c1-7-9(13(22)21(18-7)14-16-19-20-17-14)4-8-5-10(15)12(24-3)11(6-8)23-2/h4-6H,1-3H3/q-1/b9-4+. The van der Waals surface area contributed by atoms with Gasteiger partial charge in [-0.2, -0.15) is 5.21 Å². The second-order valence-electron chi connectivity index (χ2n) is 4.78. The molecule has 0 saturated carbocycles. The number of carbonyl (C=O) groups is 1. The Kier molecular flexibility index (Phi) is 4.17. The molecule has 0 fully saturated rings. The third kappa shape index (κ3) is 2.69. The van der Waals surface area contributed by atoms with Crippen LogP contribution in [0.25, 0.3) is 6.08 Å². The predicted octanol–water partition coefficient (Wildman–Crippen LogP) is 1.31. The molecule has 1 aliphatic rings. The molecule has 1 aromatic carbocycles. The summed E-state index contributed by atoms with van der Waals surface area (Å²) in [7, 11) is 3.01. The smallest absolute Gasteiger partial charge is 0.239 e. The minimum absolute atomic E-state index is 0.0214. The fraction of sp³-hybridized carbons (Fsp3) is 0.214. The van der Waals surface area contributed by atoms with E-state index in [2.05, 4.69) is 25.7 Å². The highest BCUT2D eigenvalue weighted by molar-refractivity contribution is 6.33. The van der Waals surface area contributed by atoms with Gasteiger partial charge in [-0.25, -0.2) is 15.2 Å². The molecule has 124 valence electrons. The summed E-state index contributed by atoms with van der Waals surface area (Å²) in [6.45, 7) is 1.70. The summed E-state index contributed by atoms with van der Waals surface area (Å²) in [5.41, 5.74) is 1.55. The number of rotatable bonds is 4. The Balaban J connectivity index is 1.99. The van der Waals surface area contributed by atoms with Gasteiger partial charge in [-0.05, 0) is 30.7 Å². The van der Waals surface area contributed by atoms with Gasteiger partial charge in [0, 0.05) is 0 Å². The number of ether oxygens (including phenoxy) is 2. The molecular weight excluding hydrogens is 336 g/mol. The lowest BCUT2D eigenvalue weighted by atomic mass is 10.1. The number of benzene rings is 1. The predicted molar refractivity (Wildman–Crippen MR) is 86.3 cm³/mol. The van der Waals surface area contributed by atoms with Gasteiger partial charge in [-0.1, -0.05) is 11.6 Å². The van der Waals surface area contributed by atoms with Crippen LogP contribution >= 0.6 is 11.6 Å². The molecule has 2 heterocycles. The monoisotopic (exact) mass is 347 g/mol. The van der Waals surface area contributed by atoms with Crippen LogP contribution in [0.2, 0.25) is 5.02 Å². The van der Waals surface area contributed by atoms with Crippen LogP contribution in [0, 0.1) is 0 Å². The number of hydrogen-bond acceptors (Lipinski definition) is 7. The number of amides is 1. The fourth-order valence-corrected chi connectivity index (χ4v) is 2.53. The average molecular weight is 348 g/mol. The molecule has 0 saturated heterocycles. The first-order valence-corrected chi connectivity index (χ1v) is 7.15. The molecule has 1 aliphatic heterocycles. The van der Waals surface area contributed by atoms with E-state index in [9.17, 15) is 4.79 Å². The topological polar surface area (TPSA) is 104 Å². The quantitative estimate of drug-likeness (QED) is 0.768. The van der Waals surface area contributed by atoms with Gasteiger partial charge in [0.05, 0.1) is 30.5 Å². The lowest BCUT2D eigenvalue weighted by Crippen LogP contribution is -2.23. The van der Waals surface area contributed by atoms with Crippen molar-refractivity contribution in [1.29, 1.82) is 0 Å². The van der Waals surface area contributed by atoms with Gasteiger partial charge in [0.2, 0.25) is 5.91 Å². The molecule has 24 heavy (non-hydrogen) atoms. The zero-order valence-electron chi connectivity index (χ0n) is 13.0. The first-order valence-electron chi connectivity index (χ1n) is 6.77. The summed E-state index contributed by atoms with van der Waals surface area (Å²) < 4.78 is 10.4. The van der Waals surface area contributed by atoms with Crippen LogP contribution in [-0.4, -0.2) is 41.4 Å². The van der Waals surface area contributed by atoms with Crippen LogP contribution in [0.15, 0.2) is 22.8 Å². The normalized spacial score (nSPS) is 15.8. The lowest BCUT2D eigenvalue weighted by molar-refractivity contribution is -0.114. The number of hydrazone groups is 1. The summed E-state index contributed by atoms with van der Waals surface area (Å²) in [5, 5.41) is 19.5. The van der Waals surface area contributed by atoms with E-state index < -0.39 is 0 Å². The van der Waals surface area contributed by atoms with E-state index in [0.717, 1.165) is 5.01 Å². The Bertz CT molecular complexity index is 846. The highest BCUT2D eigenvalue weighted by atomic mass is 35.5. The largest absolute Gasteiger partial charge is 0.493 e. The summed E-state index contributed by atoms with van der Waals surface area (Å²) in [5.74, 6) is 0.524. The molecule has 0 aliphatic carbocycles.